The molecule has 1 saturated heterocycles. The number of nitrogens with zero attached hydrogens (tertiary/aromatic N) is 2. The van der Waals surface area contributed by atoms with E-state index < -0.39 is 0 Å². The Kier molecular flexibility index (Phi) is 9.93. The Balaban J connectivity index is 0.00000320. The van der Waals surface area contributed by atoms with Crippen molar-refractivity contribution in [1.29, 1.82) is 0 Å². The van der Waals surface area contributed by atoms with Crippen LogP contribution in [0.1, 0.15) is 30.4 Å². The third-order valence-electron chi connectivity index (χ3n) is 5.12. The second kappa shape index (κ2) is 12.4. The summed E-state index contributed by atoms with van der Waals surface area (Å²) in [5.41, 5.74) is 7.65. The van der Waals surface area contributed by atoms with Crippen LogP contribution in [-0.2, 0) is 17.9 Å². The van der Waals surface area contributed by atoms with Crippen LogP contribution in [0.5, 0.6) is 5.75 Å². The summed E-state index contributed by atoms with van der Waals surface area (Å²) in [6.07, 6.45) is 2.52. The number of aliphatic imine (C=N–C) groups is 1. The van der Waals surface area contributed by atoms with Crippen molar-refractivity contribution in [3.05, 3.63) is 65.7 Å². The maximum atomic E-state index is 11.2. The number of nitrogens with two attached hydrogens (primary N) is 1. The normalized spacial score (nSPS) is 16.5. The predicted molar refractivity (Wildman–Crippen MR) is 131 cm³/mol. The van der Waals surface area contributed by atoms with E-state index >= 15 is 0 Å². The largest absolute Gasteiger partial charge is 0.489 e. The van der Waals surface area contributed by atoms with Crippen LogP contribution in [0.3, 0.4) is 0 Å². The molecule has 0 aromatic heterocycles. The summed E-state index contributed by atoms with van der Waals surface area (Å²) in [5, 5.41) is 3.43. The van der Waals surface area contributed by atoms with Gasteiger partial charge < -0.3 is 20.7 Å². The van der Waals surface area contributed by atoms with Gasteiger partial charge in [-0.25, -0.2) is 0 Å². The molecule has 1 aliphatic heterocycles. The Bertz CT molecular complexity index is 829. The summed E-state index contributed by atoms with van der Waals surface area (Å²) in [6.45, 7) is 2.96. The molecule has 3 rings (SSSR count). The van der Waals surface area contributed by atoms with E-state index in [2.05, 4.69) is 39.5 Å². The van der Waals surface area contributed by atoms with E-state index in [1.54, 1.807) is 7.05 Å². The highest BCUT2D eigenvalue weighted by Gasteiger charge is 2.23. The number of piperidine rings is 1. The first-order valence-electron chi connectivity index (χ1n) is 10.1. The number of nitrogens with one attached hydrogen (secondary N) is 1. The van der Waals surface area contributed by atoms with Crippen molar-refractivity contribution in [1.82, 2.24) is 10.2 Å². The van der Waals surface area contributed by atoms with E-state index in [-0.39, 0.29) is 29.9 Å². The van der Waals surface area contributed by atoms with Crippen LogP contribution in [0.4, 0.5) is 0 Å². The number of ether oxygens (including phenoxy) is 1. The van der Waals surface area contributed by atoms with Crippen molar-refractivity contribution in [2.75, 3.05) is 20.1 Å². The van der Waals surface area contributed by atoms with Gasteiger partial charge in [-0.05, 0) is 42.0 Å². The zero-order valence-electron chi connectivity index (χ0n) is 17.4. The summed E-state index contributed by atoms with van der Waals surface area (Å²) in [7, 11) is 1.79. The lowest BCUT2D eigenvalue weighted by molar-refractivity contribution is -0.119. The number of amides is 1. The highest BCUT2D eigenvalue weighted by Crippen LogP contribution is 2.20. The van der Waals surface area contributed by atoms with Crippen LogP contribution in [0, 0.1) is 5.92 Å². The SMILES string of the molecule is CN=C(NCc1cccc(OCc2ccccc2)c1)N1CCCC(CC(N)=O)C1.I. The smallest absolute Gasteiger partial charge is 0.217 e. The standard InChI is InChI=1S/C23H30N4O2.HI/c1-25-23(27-12-6-10-20(16-27)14-22(24)28)26-15-19-9-5-11-21(13-19)29-17-18-7-3-2-4-8-18;/h2-5,7-9,11,13,20H,6,10,12,14-17H2,1H3,(H2,24,28)(H,25,26);1H. The average Bonchev–Trinajstić information content (AvgIpc) is 2.74. The van der Waals surface area contributed by atoms with E-state index in [0.29, 0.717) is 25.5 Å². The molecule has 0 saturated carbocycles. The fourth-order valence-electron chi connectivity index (χ4n) is 3.71. The molecule has 1 aliphatic rings. The molecule has 7 heteroatoms. The number of hydrogen-bond acceptors (Lipinski definition) is 3. The molecule has 1 atom stereocenters. The fourth-order valence-corrected chi connectivity index (χ4v) is 3.71. The topological polar surface area (TPSA) is 80.0 Å². The van der Waals surface area contributed by atoms with Gasteiger partial charge in [0, 0.05) is 33.1 Å². The molecule has 0 radical (unpaired) electrons. The Labute approximate surface area is 195 Å². The summed E-state index contributed by atoms with van der Waals surface area (Å²) < 4.78 is 5.92. The zero-order valence-corrected chi connectivity index (χ0v) is 19.8. The van der Waals surface area contributed by atoms with E-state index in [0.717, 1.165) is 48.8 Å². The summed E-state index contributed by atoms with van der Waals surface area (Å²) in [4.78, 5) is 17.9. The van der Waals surface area contributed by atoms with Crippen LogP contribution in [0.15, 0.2) is 59.6 Å². The molecular formula is C23H31IN4O2. The van der Waals surface area contributed by atoms with Crippen molar-refractivity contribution in [2.24, 2.45) is 16.6 Å². The summed E-state index contributed by atoms with van der Waals surface area (Å²) in [5.74, 6) is 1.78. The molecule has 3 N–H and O–H groups in total. The van der Waals surface area contributed by atoms with Crippen molar-refractivity contribution in [3.63, 3.8) is 0 Å². The number of carbonyl (C=O) groups is 1. The number of rotatable bonds is 7. The van der Waals surface area contributed by atoms with Crippen LogP contribution in [0.2, 0.25) is 0 Å². The third-order valence-corrected chi connectivity index (χ3v) is 5.12. The van der Waals surface area contributed by atoms with Crippen LogP contribution >= 0.6 is 24.0 Å². The number of hydrogen-bond donors (Lipinski definition) is 2. The Morgan fingerprint density at radius 1 is 1.20 bits per heavy atom. The maximum Gasteiger partial charge on any atom is 0.217 e. The molecule has 1 fully saturated rings. The summed E-state index contributed by atoms with van der Waals surface area (Å²) >= 11 is 0. The van der Waals surface area contributed by atoms with Gasteiger partial charge in [-0.2, -0.15) is 0 Å². The number of primary amides is 1. The number of halogens is 1. The lowest BCUT2D eigenvalue weighted by atomic mass is 9.95. The molecule has 1 amide bonds. The van der Waals surface area contributed by atoms with Gasteiger partial charge >= 0.3 is 0 Å². The van der Waals surface area contributed by atoms with Gasteiger partial charge in [0.1, 0.15) is 12.4 Å². The van der Waals surface area contributed by atoms with Crippen molar-refractivity contribution in [2.45, 2.75) is 32.4 Å². The van der Waals surface area contributed by atoms with Gasteiger partial charge in [-0.15, -0.1) is 24.0 Å². The van der Waals surface area contributed by atoms with Crippen molar-refractivity contribution in [3.8, 4) is 5.75 Å². The molecule has 1 heterocycles. The van der Waals surface area contributed by atoms with E-state index in [9.17, 15) is 4.79 Å². The molecule has 30 heavy (non-hydrogen) atoms. The van der Waals surface area contributed by atoms with E-state index in [1.165, 1.54) is 0 Å². The Morgan fingerprint density at radius 2 is 1.97 bits per heavy atom. The molecule has 2 aromatic rings. The van der Waals surface area contributed by atoms with E-state index in [1.807, 2.05) is 30.3 Å². The molecule has 1 unspecified atom stereocenters. The van der Waals surface area contributed by atoms with Crippen LogP contribution in [-0.4, -0.2) is 36.9 Å². The van der Waals surface area contributed by atoms with Crippen molar-refractivity contribution < 1.29 is 9.53 Å². The lowest BCUT2D eigenvalue weighted by Crippen LogP contribution is -2.46. The first-order valence-corrected chi connectivity index (χ1v) is 10.1. The number of carbonyl (C=O) groups excluding carboxylic acids is 1. The second-order valence-corrected chi connectivity index (χ2v) is 7.45. The van der Waals surface area contributed by atoms with Gasteiger partial charge in [0.15, 0.2) is 5.96 Å². The van der Waals surface area contributed by atoms with Gasteiger partial charge in [-0.1, -0.05) is 42.5 Å². The molecule has 0 bridgehead atoms. The molecule has 6 nitrogen and oxygen atoms in total. The molecule has 0 spiro atoms. The van der Waals surface area contributed by atoms with Gasteiger partial charge in [0.25, 0.3) is 0 Å². The fraction of sp³-hybridized carbons (Fsp3) is 0.391. The predicted octanol–water partition coefficient (Wildman–Crippen LogP) is 3.55. The van der Waals surface area contributed by atoms with Crippen molar-refractivity contribution >= 4 is 35.8 Å². The number of likely N-dealkylation sites (tertiary alicyclic amines) is 1. The average molecular weight is 522 g/mol. The molecule has 2 aromatic carbocycles. The van der Waals surface area contributed by atoms with Crippen LogP contribution in [0.25, 0.3) is 0 Å². The highest BCUT2D eigenvalue weighted by atomic mass is 127. The monoisotopic (exact) mass is 522 g/mol. The Morgan fingerprint density at radius 3 is 2.70 bits per heavy atom. The van der Waals surface area contributed by atoms with Gasteiger partial charge in [-0.3, -0.25) is 9.79 Å². The molecule has 162 valence electrons. The second-order valence-electron chi connectivity index (χ2n) is 7.45. The highest BCUT2D eigenvalue weighted by molar-refractivity contribution is 14.0. The van der Waals surface area contributed by atoms with Gasteiger partial charge in [0.05, 0.1) is 0 Å². The lowest BCUT2D eigenvalue weighted by Gasteiger charge is -2.34. The number of guanidine groups is 1. The minimum Gasteiger partial charge on any atom is -0.489 e. The van der Waals surface area contributed by atoms with Crippen LogP contribution < -0.4 is 15.8 Å². The number of benzene rings is 2. The quantitative estimate of drug-likeness (QED) is 0.331. The minimum absolute atomic E-state index is 0. The first-order chi connectivity index (χ1) is 14.1. The van der Waals surface area contributed by atoms with E-state index in [4.69, 9.17) is 10.5 Å². The van der Waals surface area contributed by atoms with Gasteiger partial charge in [0.2, 0.25) is 5.91 Å². The maximum absolute atomic E-state index is 11.2. The zero-order chi connectivity index (χ0) is 20.5. The third kappa shape index (κ3) is 7.51. The minimum atomic E-state index is -0.230. The molecule has 0 aliphatic carbocycles. The molecular weight excluding hydrogens is 491 g/mol. The Hall–Kier alpha value is -2.29. The first kappa shape index (κ1) is 24.0. The summed E-state index contributed by atoms with van der Waals surface area (Å²) in [6, 6.07) is 18.2.